The van der Waals surface area contributed by atoms with Crippen LogP contribution in [0, 0.1) is 28.5 Å². The van der Waals surface area contributed by atoms with Gasteiger partial charge >= 0.3 is 0 Å². The molecule has 2 N–H and O–H groups in total. The van der Waals surface area contributed by atoms with Gasteiger partial charge in [-0.2, -0.15) is 10.5 Å². The van der Waals surface area contributed by atoms with E-state index in [0.717, 1.165) is 0 Å². The second-order valence-electron chi connectivity index (χ2n) is 3.53. The molecular formula is C12H8FN5. The Labute approximate surface area is 103 Å². The zero-order chi connectivity index (χ0) is 13.1. The van der Waals surface area contributed by atoms with Crippen molar-refractivity contribution in [3.05, 3.63) is 47.3 Å². The molecule has 1 aromatic heterocycles. The van der Waals surface area contributed by atoms with Crippen LogP contribution in [0.1, 0.15) is 17.0 Å². The standard InChI is InChI=1S/C12H8FN5/c13-9-3-8(4-14)1-2-11(9)18-7-17-10(5-15)12(18)6-16/h1-3,7H,4,14H2. The minimum absolute atomic E-state index is 0.0110. The van der Waals surface area contributed by atoms with Crippen molar-refractivity contribution in [2.75, 3.05) is 0 Å². The van der Waals surface area contributed by atoms with Gasteiger partial charge < -0.3 is 5.73 Å². The van der Waals surface area contributed by atoms with Crippen LogP contribution in [0.25, 0.3) is 5.69 Å². The van der Waals surface area contributed by atoms with Gasteiger partial charge in [0, 0.05) is 6.54 Å². The molecule has 0 amide bonds. The number of aromatic nitrogens is 2. The predicted molar refractivity (Wildman–Crippen MR) is 60.8 cm³/mol. The predicted octanol–water partition coefficient (Wildman–Crippen LogP) is 1.21. The number of rotatable bonds is 2. The van der Waals surface area contributed by atoms with E-state index in [0.29, 0.717) is 5.56 Å². The van der Waals surface area contributed by atoms with E-state index in [1.165, 1.54) is 23.0 Å². The Morgan fingerprint density at radius 3 is 2.67 bits per heavy atom. The average Bonchev–Trinajstić information content (AvgIpc) is 2.81. The summed E-state index contributed by atoms with van der Waals surface area (Å²) in [5.41, 5.74) is 6.20. The van der Waals surface area contributed by atoms with Crippen LogP contribution in [0.4, 0.5) is 4.39 Å². The summed E-state index contributed by atoms with van der Waals surface area (Å²) in [6.07, 6.45) is 1.25. The van der Waals surface area contributed by atoms with Gasteiger partial charge in [0.15, 0.2) is 11.4 Å². The summed E-state index contributed by atoms with van der Waals surface area (Å²) in [5, 5.41) is 17.7. The smallest absolute Gasteiger partial charge is 0.177 e. The fourth-order valence-corrected chi connectivity index (χ4v) is 1.59. The molecule has 1 heterocycles. The van der Waals surface area contributed by atoms with Crippen molar-refractivity contribution >= 4 is 0 Å². The maximum atomic E-state index is 13.9. The van der Waals surface area contributed by atoms with Crippen molar-refractivity contribution in [2.45, 2.75) is 6.54 Å². The summed E-state index contributed by atoms with van der Waals surface area (Å²) in [5.74, 6) is -0.517. The lowest BCUT2D eigenvalue weighted by atomic mass is 10.2. The molecule has 0 saturated carbocycles. The number of imidazole rings is 1. The van der Waals surface area contributed by atoms with Crippen LogP contribution in [-0.4, -0.2) is 9.55 Å². The molecule has 5 nitrogen and oxygen atoms in total. The SMILES string of the molecule is N#Cc1ncn(-c2ccc(CN)cc2F)c1C#N. The molecule has 0 saturated heterocycles. The number of nitriles is 2. The number of nitrogens with zero attached hydrogens (tertiary/aromatic N) is 4. The normalized spacial score (nSPS) is 9.78. The highest BCUT2D eigenvalue weighted by molar-refractivity contribution is 5.45. The first-order valence-corrected chi connectivity index (χ1v) is 5.07. The number of hydrogen-bond acceptors (Lipinski definition) is 4. The molecule has 2 aromatic rings. The lowest BCUT2D eigenvalue weighted by Gasteiger charge is -2.06. The lowest BCUT2D eigenvalue weighted by Crippen LogP contribution is -2.02. The second kappa shape index (κ2) is 4.66. The maximum absolute atomic E-state index is 13.9. The summed E-state index contributed by atoms with van der Waals surface area (Å²) in [6.45, 7) is 0.232. The third-order valence-electron chi connectivity index (χ3n) is 2.49. The molecule has 1 aromatic carbocycles. The Hall–Kier alpha value is -2.70. The second-order valence-corrected chi connectivity index (χ2v) is 3.53. The Bertz CT molecular complexity index is 675. The van der Waals surface area contributed by atoms with E-state index >= 15 is 0 Å². The summed E-state index contributed by atoms with van der Waals surface area (Å²) >= 11 is 0. The minimum Gasteiger partial charge on any atom is -0.326 e. The molecule has 0 aliphatic heterocycles. The van der Waals surface area contributed by atoms with Gasteiger partial charge in [0.05, 0.1) is 5.69 Å². The quantitative estimate of drug-likeness (QED) is 0.855. The van der Waals surface area contributed by atoms with Crippen molar-refractivity contribution in [1.82, 2.24) is 9.55 Å². The van der Waals surface area contributed by atoms with E-state index in [4.69, 9.17) is 16.3 Å². The van der Waals surface area contributed by atoms with Crippen molar-refractivity contribution in [3.8, 4) is 17.8 Å². The van der Waals surface area contributed by atoms with Gasteiger partial charge in [0.2, 0.25) is 0 Å². The first kappa shape index (κ1) is 11.8. The number of benzene rings is 1. The Balaban J connectivity index is 2.60. The van der Waals surface area contributed by atoms with Crippen molar-refractivity contribution < 1.29 is 4.39 Å². The van der Waals surface area contributed by atoms with Crippen LogP contribution in [0.2, 0.25) is 0 Å². The van der Waals surface area contributed by atoms with Gasteiger partial charge in [-0.1, -0.05) is 6.07 Å². The number of halogens is 1. The third kappa shape index (κ3) is 1.81. The molecule has 2 rings (SSSR count). The Kier molecular flexibility index (Phi) is 3.05. The molecule has 0 radical (unpaired) electrons. The third-order valence-corrected chi connectivity index (χ3v) is 2.49. The van der Waals surface area contributed by atoms with E-state index in [2.05, 4.69) is 4.98 Å². The zero-order valence-corrected chi connectivity index (χ0v) is 9.26. The molecule has 0 bridgehead atoms. The van der Waals surface area contributed by atoms with E-state index in [1.807, 2.05) is 6.07 Å². The Morgan fingerprint density at radius 1 is 1.33 bits per heavy atom. The zero-order valence-electron chi connectivity index (χ0n) is 9.26. The van der Waals surface area contributed by atoms with Gasteiger partial charge in [0.25, 0.3) is 0 Å². The molecule has 6 heteroatoms. The minimum atomic E-state index is -0.517. The van der Waals surface area contributed by atoms with Crippen molar-refractivity contribution in [1.29, 1.82) is 10.5 Å². The van der Waals surface area contributed by atoms with E-state index in [1.54, 1.807) is 12.1 Å². The van der Waals surface area contributed by atoms with Crippen LogP contribution in [0.3, 0.4) is 0 Å². The van der Waals surface area contributed by atoms with Crippen LogP contribution in [-0.2, 0) is 6.54 Å². The lowest BCUT2D eigenvalue weighted by molar-refractivity contribution is 0.615. The molecule has 0 fully saturated rings. The van der Waals surface area contributed by atoms with Crippen molar-refractivity contribution in [3.63, 3.8) is 0 Å². The van der Waals surface area contributed by atoms with Crippen LogP contribution >= 0.6 is 0 Å². The topological polar surface area (TPSA) is 91.4 Å². The monoisotopic (exact) mass is 241 g/mol. The molecule has 0 aliphatic rings. The Morgan fingerprint density at radius 2 is 2.11 bits per heavy atom. The molecule has 88 valence electrons. The molecule has 0 spiro atoms. The number of nitrogens with two attached hydrogens (primary N) is 1. The van der Waals surface area contributed by atoms with Gasteiger partial charge in [-0.05, 0) is 17.7 Å². The fourth-order valence-electron chi connectivity index (χ4n) is 1.59. The molecule has 18 heavy (non-hydrogen) atoms. The van der Waals surface area contributed by atoms with Crippen molar-refractivity contribution in [2.24, 2.45) is 5.73 Å². The first-order valence-electron chi connectivity index (χ1n) is 5.07. The van der Waals surface area contributed by atoms with Gasteiger partial charge in [-0.15, -0.1) is 0 Å². The van der Waals surface area contributed by atoms with Gasteiger partial charge in [-0.25, -0.2) is 9.37 Å². The van der Waals surface area contributed by atoms with Crippen LogP contribution < -0.4 is 5.73 Å². The van der Waals surface area contributed by atoms with E-state index < -0.39 is 5.82 Å². The molecule has 0 atom stereocenters. The van der Waals surface area contributed by atoms with Gasteiger partial charge in [0.1, 0.15) is 24.3 Å². The summed E-state index contributed by atoms with van der Waals surface area (Å²) in [7, 11) is 0. The van der Waals surface area contributed by atoms with Crippen LogP contribution in [0.15, 0.2) is 24.5 Å². The summed E-state index contributed by atoms with van der Waals surface area (Å²) < 4.78 is 15.1. The number of hydrogen-bond donors (Lipinski definition) is 1. The average molecular weight is 241 g/mol. The van der Waals surface area contributed by atoms with E-state index in [9.17, 15) is 4.39 Å². The highest BCUT2D eigenvalue weighted by Crippen LogP contribution is 2.18. The highest BCUT2D eigenvalue weighted by Gasteiger charge is 2.14. The fraction of sp³-hybridized carbons (Fsp3) is 0.0833. The van der Waals surface area contributed by atoms with Gasteiger partial charge in [-0.3, -0.25) is 4.57 Å². The maximum Gasteiger partial charge on any atom is 0.177 e. The summed E-state index contributed by atoms with van der Waals surface area (Å²) in [6, 6.07) is 8.07. The molecular weight excluding hydrogens is 233 g/mol. The molecule has 0 unspecified atom stereocenters. The first-order chi connectivity index (χ1) is 8.71. The largest absolute Gasteiger partial charge is 0.326 e. The molecule has 0 aliphatic carbocycles. The highest BCUT2D eigenvalue weighted by atomic mass is 19.1. The van der Waals surface area contributed by atoms with Crippen LogP contribution in [0.5, 0.6) is 0 Å². The van der Waals surface area contributed by atoms with E-state index in [-0.39, 0.29) is 23.6 Å². The summed E-state index contributed by atoms with van der Waals surface area (Å²) in [4.78, 5) is 3.75.